The highest BCUT2D eigenvalue weighted by molar-refractivity contribution is 5.11. The number of rotatable bonds is 4. The van der Waals surface area contributed by atoms with Crippen LogP contribution >= 0.6 is 0 Å². The molecule has 0 aromatic heterocycles. The normalized spacial score (nSPS) is 43.1. The molecular formula is C14H23NO. The van der Waals surface area contributed by atoms with Crippen LogP contribution in [0.3, 0.4) is 0 Å². The van der Waals surface area contributed by atoms with Crippen LogP contribution in [0.25, 0.3) is 0 Å². The van der Waals surface area contributed by atoms with Gasteiger partial charge in [-0.05, 0) is 50.4 Å². The van der Waals surface area contributed by atoms with Gasteiger partial charge in [-0.15, -0.1) is 0 Å². The van der Waals surface area contributed by atoms with Gasteiger partial charge >= 0.3 is 0 Å². The Bertz CT molecular complexity index is 270. The lowest BCUT2D eigenvalue weighted by Gasteiger charge is -2.27. The van der Waals surface area contributed by atoms with Gasteiger partial charge < -0.3 is 10.1 Å². The molecule has 0 radical (unpaired) electrons. The van der Waals surface area contributed by atoms with Crippen molar-refractivity contribution >= 4 is 0 Å². The Hall–Kier alpha value is -0.340. The lowest BCUT2D eigenvalue weighted by Crippen LogP contribution is -2.39. The predicted octanol–water partition coefficient (Wildman–Crippen LogP) is 2.36. The van der Waals surface area contributed by atoms with Gasteiger partial charge in [0.05, 0.1) is 6.10 Å². The second-order valence-corrected chi connectivity index (χ2v) is 5.78. The van der Waals surface area contributed by atoms with E-state index in [0.29, 0.717) is 12.1 Å². The van der Waals surface area contributed by atoms with Crippen LogP contribution in [0.4, 0.5) is 0 Å². The van der Waals surface area contributed by atoms with Gasteiger partial charge in [-0.25, -0.2) is 0 Å². The molecule has 90 valence electrons. The van der Waals surface area contributed by atoms with Crippen LogP contribution in [0.5, 0.6) is 0 Å². The van der Waals surface area contributed by atoms with Crippen molar-refractivity contribution in [1.29, 1.82) is 0 Å². The van der Waals surface area contributed by atoms with E-state index >= 15 is 0 Å². The summed E-state index contributed by atoms with van der Waals surface area (Å²) < 4.78 is 5.65. The molecule has 0 aromatic rings. The standard InChI is InChI=1S/C14H23NO/c1-10(15-9-13-3-2-6-16-13)14-8-11-4-5-12(14)7-11/h4-5,10-15H,2-3,6-9H2,1H3. The quantitative estimate of drug-likeness (QED) is 0.736. The predicted molar refractivity (Wildman–Crippen MR) is 65.3 cm³/mol. The van der Waals surface area contributed by atoms with Gasteiger partial charge in [0.2, 0.25) is 0 Å². The van der Waals surface area contributed by atoms with E-state index in [1.54, 1.807) is 0 Å². The first-order chi connectivity index (χ1) is 7.83. The lowest BCUT2D eigenvalue weighted by molar-refractivity contribution is 0.105. The summed E-state index contributed by atoms with van der Waals surface area (Å²) in [6.07, 6.45) is 10.7. The molecule has 2 nitrogen and oxygen atoms in total. The number of fused-ring (bicyclic) bond motifs is 2. The monoisotopic (exact) mass is 221 g/mol. The summed E-state index contributed by atoms with van der Waals surface area (Å²) in [6, 6.07) is 0.657. The van der Waals surface area contributed by atoms with Crippen LogP contribution in [0, 0.1) is 17.8 Å². The topological polar surface area (TPSA) is 21.3 Å². The van der Waals surface area contributed by atoms with Crippen molar-refractivity contribution < 1.29 is 4.74 Å². The Morgan fingerprint density at radius 3 is 2.94 bits per heavy atom. The Kier molecular flexibility index (Phi) is 3.03. The maximum atomic E-state index is 5.65. The van der Waals surface area contributed by atoms with Crippen LogP contribution in [0.1, 0.15) is 32.6 Å². The van der Waals surface area contributed by atoms with Crippen molar-refractivity contribution in [3.8, 4) is 0 Å². The molecule has 2 heteroatoms. The zero-order valence-corrected chi connectivity index (χ0v) is 10.2. The maximum Gasteiger partial charge on any atom is 0.0700 e. The molecule has 3 rings (SSSR count). The van der Waals surface area contributed by atoms with Gasteiger partial charge in [0.15, 0.2) is 0 Å². The number of hydrogen-bond acceptors (Lipinski definition) is 2. The molecule has 5 unspecified atom stereocenters. The molecule has 0 spiro atoms. The van der Waals surface area contributed by atoms with Gasteiger partial charge in [0.1, 0.15) is 0 Å². The fraction of sp³-hybridized carbons (Fsp3) is 0.857. The van der Waals surface area contributed by atoms with E-state index in [4.69, 9.17) is 4.74 Å². The van der Waals surface area contributed by atoms with Crippen LogP contribution in [0.15, 0.2) is 12.2 Å². The highest BCUT2D eigenvalue weighted by atomic mass is 16.5. The fourth-order valence-corrected chi connectivity index (χ4v) is 3.67. The van der Waals surface area contributed by atoms with Gasteiger partial charge in [-0.3, -0.25) is 0 Å². The Labute approximate surface area is 98.4 Å². The molecule has 2 fully saturated rings. The molecule has 5 atom stereocenters. The fourth-order valence-electron chi connectivity index (χ4n) is 3.67. The largest absolute Gasteiger partial charge is 0.377 e. The molecule has 2 aliphatic carbocycles. The van der Waals surface area contributed by atoms with E-state index in [0.717, 1.165) is 30.9 Å². The number of nitrogens with one attached hydrogen (secondary N) is 1. The highest BCUT2D eigenvalue weighted by Gasteiger charge is 2.38. The molecule has 2 bridgehead atoms. The smallest absolute Gasteiger partial charge is 0.0700 e. The molecule has 0 amide bonds. The molecule has 0 aromatic carbocycles. The molecule has 1 saturated heterocycles. The Morgan fingerprint density at radius 2 is 2.31 bits per heavy atom. The van der Waals surface area contributed by atoms with E-state index in [1.807, 2.05) is 0 Å². The molecular weight excluding hydrogens is 198 g/mol. The van der Waals surface area contributed by atoms with Gasteiger partial charge in [-0.1, -0.05) is 12.2 Å². The van der Waals surface area contributed by atoms with Crippen LogP contribution in [0.2, 0.25) is 0 Å². The first kappa shape index (κ1) is 10.8. The van der Waals surface area contributed by atoms with E-state index in [1.165, 1.54) is 25.7 Å². The summed E-state index contributed by atoms with van der Waals surface area (Å²) in [6.45, 7) is 4.38. The van der Waals surface area contributed by atoms with Gasteiger partial charge in [0, 0.05) is 19.2 Å². The number of ether oxygens (including phenoxy) is 1. The summed E-state index contributed by atoms with van der Waals surface area (Å²) in [5.41, 5.74) is 0. The van der Waals surface area contributed by atoms with Crippen molar-refractivity contribution in [1.82, 2.24) is 5.32 Å². The summed E-state index contributed by atoms with van der Waals surface area (Å²) in [5, 5.41) is 3.69. The first-order valence-corrected chi connectivity index (χ1v) is 6.86. The maximum absolute atomic E-state index is 5.65. The van der Waals surface area contributed by atoms with Crippen molar-refractivity contribution in [3.63, 3.8) is 0 Å². The number of hydrogen-bond donors (Lipinski definition) is 1. The molecule has 16 heavy (non-hydrogen) atoms. The summed E-state index contributed by atoms with van der Waals surface area (Å²) in [4.78, 5) is 0. The minimum atomic E-state index is 0.483. The third-order valence-corrected chi connectivity index (χ3v) is 4.66. The van der Waals surface area contributed by atoms with Gasteiger partial charge in [-0.2, -0.15) is 0 Å². The van der Waals surface area contributed by atoms with E-state index in [2.05, 4.69) is 24.4 Å². The third-order valence-electron chi connectivity index (χ3n) is 4.66. The second kappa shape index (κ2) is 4.50. The minimum absolute atomic E-state index is 0.483. The Morgan fingerprint density at radius 1 is 1.38 bits per heavy atom. The van der Waals surface area contributed by atoms with Gasteiger partial charge in [0.25, 0.3) is 0 Å². The zero-order valence-electron chi connectivity index (χ0n) is 10.2. The van der Waals surface area contributed by atoms with Crippen molar-refractivity contribution in [2.24, 2.45) is 17.8 Å². The molecule has 1 N–H and O–H groups in total. The van der Waals surface area contributed by atoms with E-state index in [9.17, 15) is 0 Å². The first-order valence-electron chi connectivity index (χ1n) is 6.86. The van der Waals surface area contributed by atoms with E-state index in [-0.39, 0.29) is 0 Å². The Balaban J connectivity index is 1.46. The zero-order chi connectivity index (χ0) is 11.0. The lowest BCUT2D eigenvalue weighted by atomic mass is 9.87. The molecule has 1 saturated carbocycles. The molecule has 1 aliphatic heterocycles. The SMILES string of the molecule is CC(NCC1CCCO1)C1CC2C=CC1C2. The minimum Gasteiger partial charge on any atom is -0.377 e. The second-order valence-electron chi connectivity index (χ2n) is 5.78. The number of allylic oxidation sites excluding steroid dienone is 2. The summed E-state index contributed by atoms with van der Waals surface area (Å²) in [5.74, 6) is 2.62. The van der Waals surface area contributed by atoms with Crippen LogP contribution in [-0.4, -0.2) is 25.3 Å². The summed E-state index contributed by atoms with van der Waals surface area (Å²) >= 11 is 0. The average Bonchev–Trinajstić information content (AvgIpc) is 3.01. The third kappa shape index (κ3) is 2.05. The molecule has 3 aliphatic rings. The van der Waals surface area contributed by atoms with Crippen molar-refractivity contribution in [2.45, 2.75) is 44.8 Å². The van der Waals surface area contributed by atoms with Crippen molar-refractivity contribution in [3.05, 3.63) is 12.2 Å². The molecule has 1 heterocycles. The average molecular weight is 221 g/mol. The highest BCUT2D eigenvalue weighted by Crippen LogP contribution is 2.44. The van der Waals surface area contributed by atoms with Crippen LogP contribution < -0.4 is 5.32 Å². The van der Waals surface area contributed by atoms with E-state index < -0.39 is 0 Å². The summed E-state index contributed by atoms with van der Waals surface area (Å²) in [7, 11) is 0. The van der Waals surface area contributed by atoms with Crippen LogP contribution in [-0.2, 0) is 4.74 Å². The van der Waals surface area contributed by atoms with Crippen molar-refractivity contribution in [2.75, 3.05) is 13.2 Å².